The lowest BCUT2D eigenvalue weighted by Gasteiger charge is -2.30. The number of carbonyl (C=O) groups is 2. The summed E-state index contributed by atoms with van der Waals surface area (Å²) < 4.78 is 19.8. The number of para-hydroxylation sites is 1. The maximum Gasteiger partial charge on any atom is 0.305 e. The predicted octanol–water partition coefficient (Wildman–Crippen LogP) is 5.26. The minimum Gasteiger partial charge on any atom is -0.489 e. The van der Waals surface area contributed by atoms with Crippen molar-refractivity contribution in [1.29, 1.82) is 0 Å². The highest BCUT2D eigenvalue weighted by atomic mass is 32.2. The van der Waals surface area contributed by atoms with Crippen LogP contribution in [0.25, 0.3) is 0 Å². The second-order valence-corrected chi connectivity index (χ2v) is 11.2. The van der Waals surface area contributed by atoms with Gasteiger partial charge in [0.15, 0.2) is 0 Å². The van der Waals surface area contributed by atoms with Gasteiger partial charge in [-0.15, -0.1) is 0 Å². The summed E-state index contributed by atoms with van der Waals surface area (Å²) in [5.74, 6) is -1.92. The zero-order chi connectivity index (χ0) is 25.7. The van der Waals surface area contributed by atoms with Crippen LogP contribution in [-0.4, -0.2) is 22.0 Å². The van der Waals surface area contributed by atoms with Crippen LogP contribution in [0.1, 0.15) is 27.5 Å². The lowest BCUT2D eigenvalue weighted by atomic mass is 9.82. The highest BCUT2D eigenvalue weighted by Crippen LogP contribution is 2.54. The number of halogens is 1. The van der Waals surface area contributed by atoms with E-state index in [2.05, 4.69) is 4.98 Å². The number of aryl methyl sites for hydroxylation is 1. The van der Waals surface area contributed by atoms with E-state index in [1.165, 1.54) is 36.0 Å². The summed E-state index contributed by atoms with van der Waals surface area (Å²) in [5, 5.41) is -0.137. The van der Waals surface area contributed by atoms with E-state index in [1.807, 2.05) is 55.5 Å². The number of thioether (sulfide) groups is 1. The molecule has 0 spiro atoms. The van der Waals surface area contributed by atoms with Crippen molar-refractivity contribution >= 4 is 40.6 Å². The van der Waals surface area contributed by atoms with Crippen molar-refractivity contribution in [2.75, 3.05) is 4.90 Å². The van der Waals surface area contributed by atoms with Crippen LogP contribution in [0.15, 0.2) is 82.6 Å². The molecule has 9 heteroatoms. The van der Waals surface area contributed by atoms with Crippen molar-refractivity contribution in [3.63, 3.8) is 0 Å². The van der Waals surface area contributed by atoms with Gasteiger partial charge in [-0.2, -0.15) is 0 Å². The van der Waals surface area contributed by atoms with Crippen molar-refractivity contribution in [2.24, 2.45) is 5.92 Å². The molecule has 0 radical (unpaired) electrons. The smallest absolute Gasteiger partial charge is 0.305 e. The first-order chi connectivity index (χ1) is 17.9. The third-order valence-corrected chi connectivity index (χ3v) is 9.08. The normalized spacial score (nSPS) is 20.6. The van der Waals surface area contributed by atoms with Crippen molar-refractivity contribution in [2.45, 2.75) is 29.7 Å². The van der Waals surface area contributed by atoms with Gasteiger partial charge in [0, 0.05) is 16.4 Å². The third-order valence-electron chi connectivity index (χ3n) is 6.68. The number of thiazole rings is 1. The number of rotatable bonds is 5. The number of hydrogen-bond acceptors (Lipinski definition) is 6. The summed E-state index contributed by atoms with van der Waals surface area (Å²) in [6, 6.07) is 20.8. The molecule has 1 saturated heterocycles. The molecule has 6 nitrogen and oxygen atoms in total. The van der Waals surface area contributed by atoms with E-state index in [-0.39, 0.29) is 16.7 Å². The summed E-state index contributed by atoms with van der Waals surface area (Å²) in [4.78, 5) is 44.2. The highest BCUT2D eigenvalue weighted by Gasteiger charge is 2.56. The molecule has 0 aliphatic carbocycles. The Labute approximate surface area is 220 Å². The molecule has 0 bridgehead atoms. The topological polar surface area (TPSA) is 79.5 Å². The fourth-order valence-electron chi connectivity index (χ4n) is 4.91. The Morgan fingerprint density at radius 1 is 0.946 bits per heavy atom. The number of benzene rings is 3. The summed E-state index contributed by atoms with van der Waals surface area (Å²) in [6.45, 7) is 2.35. The lowest BCUT2D eigenvalue weighted by Crippen LogP contribution is -2.32. The Kier molecular flexibility index (Phi) is 5.97. The van der Waals surface area contributed by atoms with Gasteiger partial charge < -0.3 is 9.72 Å². The SMILES string of the molecule is Cc1ccc(COc2ccccc2[C@@H]2c3sc(=O)[nH]c3S[C@H]3C(=O)N(c4ccc(F)cc4)C(=O)[C@@H]23)cc1. The van der Waals surface area contributed by atoms with Gasteiger partial charge in [0.1, 0.15) is 23.4 Å². The molecule has 0 saturated carbocycles. The first-order valence-electron chi connectivity index (χ1n) is 11.7. The van der Waals surface area contributed by atoms with Crippen LogP contribution >= 0.6 is 23.1 Å². The Bertz CT molecular complexity index is 1560. The number of fused-ring (bicyclic) bond motifs is 2. The summed E-state index contributed by atoms with van der Waals surface area (Å²) >= 11 is 2.26. The molecule has 3 atom stereocenters. The minimum absolute atomic E-state index is 0.240. The number of aromatic amines is 1. The maximum absolute atomic E-state index is 13.8. The number of carbonyl (C=O) groups excluding carboxylic acids is 2. The number of nitrogens with one attached hydrogen (secondary N) is 1. The van der Waals surface area contributed by atoms with Gasteiger partial charge in [0.2, 0.25) is 11.8 Å². The quantitative estimate of drug-likeness (QED) is 0.355. The molecule has 1 aromatic heterocycles. The Balaban J connectivity index is 1.41. The molecule has 3 heterocycles. The van der Waals surface area contributed by atoms with Gasteiger partial charge >= 0.3 is 4.87 Å². The number of H-pyrrole nitrogens is 1. The number of amides is 2. The van der Waals surface area contributed by atoms with E-state index in [0.29, 0.717) is 27.9 Å². The highest BCUT2D eigenvalue weighted by molar-refractivity contribution is 8.00. The van der Waals surface area contributed by atoms with Crippen molar-refractivity contribution in [3.8, 4) is 5.75 Å². The van der Waals surface area contributed by atoms with Crippen LogP contribution in [0.2, 0.25) is 0 Å². The minimum atomic E-state index is -0.745. The average molecular weight is 533 g/mol. The molecular formula is C28H21FN2O4S2. The monoisotopic (exact) mass is 532 g/mol. The fourth-order valence-corrected chi connectivity index (χ4v) is 7.42. The number of imide groups is 1. The van der Waals surface area contributed by atoms with Crippen LogP contribution in [0.5, 0.6) is 5.75 Å². The summed E-state index contributed by atoms with van der Waals surface area (Å²) in [5.41, 5.74) is 3.22. The number of anilines is 1. The molecule has 37 heavy (non-hydrogen) atoms. The molecule has 1 N–H and O–H groups in total. The zero-order valence-electron chi connectivity index (χ0n) is 19.6. The van der Waals surface area contributed by atoms with Crippen molar-refractivity contribution in [1.82, 2.24) is 4.98 Å². The van der Waals surface area contributed by atoms with Gasteiger partial charge in [0.25, 0.3) is 0 Å². The molecule has 1 fully saturated rings. The Morgan fingerprint density at radius 3 is 2.43 bits per heavy atom. The Hall–Kier alpha value is -3.69. The molecule has 186 valence electrons. The number of nitrogens with zero attached hydrogens (tertiary/aromatic N) is 1. The van der Waals surface area contributed by atoms with Gasteiger partial charge in [-0.05, 0) is 42.8 Å². The van der Waals surface area contributed by atoms with Gasteiger partial charge in [0.05, 0.1) is 16.6 Å². The standard InChI is InChI=1S/C28H21FN2O4S2/c1-15-6-8-16(9-7-15)14-35-20-5-3-2-4-19(20)21-22-24(36-25-23(21)37-28(34)30-25)27(33)31(26(22)32)18-12-10-17(29)11-13-18/h2-13,21-22,24H,14H2,1H3,(H,30,34)/t21-,22-,24+/m0/s1. The van der Waals surface area contributed by atoms with E-state index in [9.17, 15) is 18.8 Å². The van der Waals surface area contributed by atoms with E-state index in [0.717, 1.165) is 32.9 Å². The summed E-state index contributed by atoms with van der Waals surface area (Å²) in [6.07, 6.45) is 0. The molecule has 2 aliphatic heterocycles. The third kappa shape index (κ3) is 4.18. The maximum atomic E-state index is 13.8. The lowest BCUT2D eigenvalue weighted by molar-refractivity contribution is -0.122. The molecule has 4 aromatic rings. The number of aromatic nitrogens is 1. The van der Waals surface area contributed by atoms with Crippen LogP contribution in [-0.2, 0) is 16.2 Å². The molecule has 6 rings (SSSR count). The van der Waals surface area contributed by atoms with E-state index >= 15 is 0 Å². The molecular weight excluding hydrogens is 511 g/mol. The van der Waals surface area contributed by atoms with E-state index < -0.39 is 22.9 Å². The molecule has 3 aromatic carbocycles. The second kappa shape index (κ2) is 9.32. The van der Waals surface area contributed by atoms with E-state index in [1.54, 1.807) is 0 Å². The predicted molar refractivity (Wildman–Crippen MR) is 141 cm³/mol. The average Bonchev–Trinajstić information content (AvgIpc) is 3.39. The van der Waals surface area contributed by atoms with Crippen LogP contribution in [0, 0.1) is 18.7 Å². The van der Waals surface area contributed by atoms with Gasteiger partial charge in [-0.1, -0.05) is 71.1 Å². The molecule has 2 aliphatic rings. The van der Waals surface area contributed by atoms with E-state index in [4.69, 9.17) is 4.74 Å². The zero-order valence-corrected chi connectivity index (χ0v) is 21.3. The largest absolute Gasteiger partial charge is 0.489 e. The first kappa shape index (κ1) is 23.7. The Morgan fingerprint density at radius 2 is 1.68 bits per heavy atom. The summed E-state index contributed by atoms with van der Waals surface area (Å²) in [7, 11) is 0. The molecule has 0 unspecified atom stereocenters. The molecule has 2 amide bonds. The van der Waals surface area contributed by atoms with Crippen molar-refractivity contribution < 1.29 is 18.7 Å². The fraction of sp³-hybridized carbons (Fsp3) is 0.179. The van der Waals surface area contributed by atoms with Gasteiger partial charge in [-0.25, -0.2) is 9.29 Å². The van der Waals surface area contributed by atoms with Crippen molar-refractivity contribution in [3.05, 3.63) is 110 Å². The van der Waals surface area contributed by atoms with Crippen LogP contribution in [0.3, 0.4) is 0 Å². The van der Waals surface area contributed by atoms with Crippen LogP contribution < -0.4 is 14.5 Å². The van der Waals surface area contributed by atoms with Gasteiger partial charge in [-0.3, -0.25) is 14.4 Å². The number of ether oxygens (including phenoxy) is 1. The van der Waals surface area contributed by atoms with Crippen LogP contribution in [0.4, 0.5) is 10.1 Å². The second-order valence-electron chi connectivity index (χ2n) is 9.05. The number of hydrogen-bond donors (Lipinski definition) is 1. The first-order valence-corrected chi connectivity index (χ1v) is 13.4.